The van der Waals surface area contributed by atoms with Crippen LogP contribution < -0.4 is 4.74 Å². The Morgan fingerprint density at radius 3 is 2.31 bits per heavy atom. The van der Waals surface area contributed by atoms with Crippen molar-refractivity contribution in [2.75, 3.05) is 0 Å². The minimum atomic E-state index is -4.39. The smallest absolute Gasteiger partial charge is 0.416 e. The minimum Gasteiger partial charge on any atom is -0.484 e. The number of ether oxygens (including phenoxy) is 1. The Morgan fingerprint density at radius 1 is 1.09 bits per heavy atom. The zero-order valence-electron chi connectivity index (χ0n) is 19.9. The number of benzene rings is 2. The Hall–Kier alpha value is -3.61. The summed E-state index contributed by atoms with van der Waals surface area (Å²) in [4.78, 5) is 15.6. The molecule has 0 radical (unpaired) electrons. The van der Waals surface area contributed by atoms with Gasteiger partial charge in [-0.15, -0.1) is 0 Å². The van der Waals surface area contributed by atoms with Crippen molar-refractivity contribution < 1.29 is 27.8 Å². The number of aromatic nitrogens is 1. The van der Waals surface area contributed by atoms with Crippen molar-refractivity contribution in [2.45, 2.75) is 52.3 Å². The summed E-state index contributed by atoms with van der Waals surface area (Å²) in [6, 6.07) is 14.2. The number of aryl methyl sites for hydroxylation is 2. The lowest BCUT2D eigenvalue weighted by Crippen LogP contribution is -2.12. The number of rotatable bonds is 9. The van der Waals surface area contributed by atoms with Crippen molar-refractivity contribution in [2.24, 2.45) is 0 Å². The number of aliphatic carboxylic acids is 1. The van der Waals surface area contributed by atoms with E-state index in [-0.39, 0.29) is 6.10 Å². The van der Waals surface area contributed by atoms with Crippen LogP contribution in [0.2, 0.25) is 0 Å². The van der Waals surface area contributed by atoms with Gasteiger partial charge in [0.25, 0.3) is 0 Å². The van der Waals surface area contributed by atoms with Crippen LogP contribution >= 0.6 is 0 Å². The molecule has 1 unspecified atom stereocenters. The number of pyridine rings is 1. The second-order valence-corrected chi connectivity index (χ2v) is 8.43. The molecule has 0 aliphatic heterocycles. The molecule has 0 spiro atoms. The first-order valence-electron chi connectivity index (χ1n) is 11.4. The van der Waals surface area contributed by atoms with E-state index in [1.807, 2.05) is 38.1 Å². The van der Waals surface area contributed by atoms with Gasteiger partial charge in [0.15, 0.2) is 0 Å². The molecule has 184 valence electrons. The normalized spacial score (nSPS) is 12.6. The molecule has 1 heterocycles. The second kappa shape index (κ2) is 11.2. The number of hydrogen-bond acceptors (Lipinski definition) is 3. The molecular weight excluding hydrogens is 455 g/mol. The standard InChI is InChI=1S/C28H28F3NO3/c1-4-5-9-25(35-27-18(2)16-20(17-19(27)3)10-15-26(33)34)24-8-6-7-23(32-24)21-11-13-22(14-12-21)28(29,30)31/h6-8,10-17,25H,4-5,9H2,1-3H3,(H,33,34)/b15-10+. The highest BCUT2D eigenvalue weighted by atomic mass is 19.4. The predicted molar refractivity (Wildman–Crippen MR) is 130 cm³/mol. The summed E-state index contributed by atoms with van der Waals surface area (Å²) in [7, 11) is 0. The quantitative estimate of drug-likeness (QED) is 0.316. The van der Waals surface area contributed by atoms with Crippen LogP contribution in [-0.2, 0) is 11.0 Å². The van der Waals surface area contributed by atoms with E-state index in [9.17, 15) is 18.0 Å². The SMILES string of the molecule is CCCCC(Oc1c(C)cc(/C=C/C(=O)O)cc1C)c1cccc(-c2ccc(C(F)(F)F)cc2)n1. The van der Waals surface area contributed by atoms with Crippen molar-refractivity contribution in [1.29, 1.82) is 0 Å². The summed E-state index contributed by atoms with van der Waals surface area (Å²) >= 11 is 0. The van der Waals surface area contributed by atoms with Crippen LogP contribution in [0.1, 0.15) is 60.2 Å². The van der Waals surface area contributed by atoms with Crippen LogP contribution in [0.3, 0.4) is 0 Å². The molecule has 0 amide bonds. The van der Waals surface area contributed by atoms with Crippen LogP contribution in [0.15, 0.2) is 60.7 Å². The van der Waals surface area contributed by atoms with Gasteiger partial charge >= 0.3 is 12.1 Å². The zero-order valence-corrected chi connectivity index (χ0v) is 19.9. The van der Waals surface area contributed by atoms with Gasteiger partial charge in [0.05, 0.1) is 17.0 Å². The zero-order chi connectivity index (χ0) is 25.6. The lowest BCUT2D eigenvalue weighted by atomic mass is 10.0. The van der Waals surface area contributed by atoms with Crippen molar-refractivity contribution >= 4 is 12.0 Å². The molecule has 0 saturated carbocycles. The highest BCUT2D eigenvalue weighted by molar-refractivity contribution is 5.85. The maximum absolute atomic E-state index is 12.9. The van der Waals surface area contributed by atoms with Gasteiger partial charge in [-0.1, -0.05) is 31.5 Å². The molecule has 35 heavy (non-hydrogen) atoms. The van der Waals surface area contributed by atoms with Gasteiger partial charge in [-0.2, -0.15) is 13.2 Å². The van der Waals surface area contributed by atoms with E-state index >= 15 is 0 Å². The molecule has 1 atom stereocenters. The first-order valence-corrected chi connectivity index (χ1v) is 11.4. The molecule has 4 nitrogen and oxygen atoms in total. The van der Waals surface area contributed by atoms with E-state index in [0.29, 0.717) is 22.7 Å². The highest BCUT2D eigenvalue weighted by Gasteiger charge is 2.30. The number of nitrogens with zero attached hydrogens (tertiary/aromatic N) is 1. The number of alkyl halides is 3. The second-order valence-electron chi connectivity index (χ2n) is 8.43. The van der Waals surface area contributed by atoms with E-state index in [4.69, 9.17) is 14.8 Å². The van der Waals surface area contributed by atoms with E-state index in [1.165, 1.54) is 18.2 Å². The largest absolute Gasteiger partial charge is 0.484 e. The van der Waals surface area contributed by atoms with Gasteiger partial charge in [0.2, 0.25) is 0 Å². The fourth-order valence-electron chi connectivity index (χ4n) is 3.85. The summed E-state index contributed by atoms with van der Waals surface area (Å²) in [6.07, 6.45) is 0.498. The summed E-state index contributed by atoms with van der Waals surface area (Å²) in [5, 5.41) is 8.88. The Bertz CT molecular complexity index is 1180. The van der Waals surface area contributed by atoms with E-state index in [0.717, 1.165) is 54.2 Å². The monoisotopic (exact) mass is 483 g/mol. The predicted octanol–water partition coefficient (Wildman–Crippen LogP) is 7.79. The van der Waals surface area contributed by atoms with Crippen molar-refractivity contribution in [1.82, 2.24) is 4.98 Å². The van der Waals surface area contributed by atoms with Gasteiger partial charge in [-0.05, 0) is 85.9 Å². The molecule has 0 bridgehead atoms. The van der Waals surface area contributed by atoms with Gasteiger partial charge in [0, 0.05) is 11.6 Å². The Morgan fingerprint density at radius 2 is 1.74 bits per heavy atom. The van der Waals surface area contributed by atoms with Crippen molar-refractivity contribution in [3.63, 3.8) is 0 Å². The third-order valence-corrected chi connectivity index (χ3v) is 5.59. The van der Waals surface area contributed by atoms with Gasteiger partial charge < -0.3 is 9.84 Å². The first kappa shape index (κ1) is 26.0. The fraction of sp³-hybridized carbons (Fsp3) is 0.286. The van der Waals surface area contributed by atoms with Gasteiger partial charge in [0.1, 0.15) is 11.9 Å². The van der Waals surface area contributed by atoms with Gasteiger partial charge in [-0.3, -0.25) is 0 Å². The summed E-state index contributed by atoms with van der Waals surface area (Å²) in [6.45, 7) is 5.90. The van der Waals surface area contributed by atoms with Crippen LogP contribution in [0, 0.1) is 13.8 Å². The number of carboxylic acid groups (broad SMARTS) is 1. The molecule has 0 saturated heterocycles. The van der Waals surface area contributed by atoms with Crippen molar-refractivity contribution in [3.05, 3.63) is 88.6 Å². The maximum atomic E-state index is 12.9. The number of halogens is 3. The van der Waals surface area contributed by atoms with E-state index in [1.54, 1.807) is 6.07 Å². The van der Waals surface area contributed by atoms with E-state index in [2.05, 4.69) is 6.92 Å². The third kappa shape index (κ3) is 6.94. The third-order valence-electron chi connectivity index (χ3n) is 5.59. The molecule has 3 aromatic rings. The van der Waals surface area contributed by atoms with Crippen LogP contribution in [-0.4, -0.2) is 16.1 Å². The van der Waals surface area contributed by atoms with E-state index < -0.39 is 17.7 Å². The molecule has 1 aromatic heterocycles. The minimum absolute atomic E-state index is 0.345. The Labute approximate surface area is 203 Å². The number of carboxylic acids is 1. The topological polar surface area (TPSA) is 59.4 Å². The van der Waals surface area contributed by atoms with Crippen LogP contribution in [0.4, 0.5) is 13.2 Å². The van der Waals surface area contributed by atoms with Crippen molar-refractivity contribution in [3.8, 4) is 17.0 Å². The number of unbranched alkanes of at least 4 members (excludes halogenated alkanes) is 1. The molecule has 0 fully saturated rings. The highest BCUT2D eigenvalue weighted by Crippen LogP contribution is 2.34. The summed E-state index contributed by atoms with van der Waals surface area (Å²) in [5.41, 5.74) is 3.67. The summed E-state index contributed by atoms with van der Waals surface area (Å²) in [5.74, 6) is -0.306. The van der Waals surface area contributed by atoms with Crippen LogP contribution in [0.25, 0.3) is 17.3 Å². The average molecular weight is 484 g/mol. The fourth-order valence-corrected chi connectivity index (χ4v) is 3.85. The van der Waals surface area contributed by atoms with Crippen LogP contribution in [0.5, 0.6) is 5.75 Å². The average Bonchev–Trinajstić information content (AvgIpc) is 2.81. The molecular formula is C28H28F3NO3. The maximum Gasteiger partial charge on any atom is 0.416 e. The lowest BCUT2D eigenvalue weighted by Gasteiger charge is -2.22. The lowest BCUT2D eigenvalue weighted by molar-refractivity contribution is -0.137. The Balaban J connectivity index is 1.91. The summed E-state index contributed by atoms with van der Waals surface area (Å²) < 4.78 is 45.2. The molecule has 0 aliphatic rings. The molecule has 3 rings (SSSR count). The molecule has 1 N–H and O–H groups in total. The molecule has 0 aliphatic carbocycles. The molecule has 2 aromatic carbocycles. The molecule has 7 heteroatoms. The van der Waals surface area contributed by atoms with Gasteiger partial charge in [-0.25, -0.2) is 9.78 Å². The number of carbonyl (C=O) groups is 1. The number of hydrogen-bond donors (Lipinski definition) is 1. The Kier molecular flexibility index (Phi) is 8.33. The first-order chi connectivity index (χ1) is 16.6.